The van der Waals surface area contributed by atoms with Gasteiger partial charge in [0.25, 0.3) is 0 Å². The Bertz CT molecular complexity index is 489. The second-order valence-corrected chi connectivity index (χ2v) is 5.46. The molecule has 3 N–H and O–H groups in total. The van der Waals surface area contributed by atoms with Crippen LogP contribution < -0.4 is 0 Å². The molecule has 0 bridgehead atoms. The number of aliphatic hydroxyl groups is 1. The molecule has 0 amide bonds. The minimum absolute atomic E-state index is 0.00745. The number of aromatic hydroxyl groups is 2. The molecule has 5 nitrogen and oxygen atoms in total. The molecule has 1 aromatic carbocycles. The van der Waals surface area contributed by atoms with E-state index in [9.17, 15) is 20.1 Å². The van der Waals surface area contributed by atoms with Gasteiger partial charge >= 0.3 is 0 Å². The zero-order valence-corrected chi connectivity index (χ0v) is 11.6. The molecular formula is C15H21NO4. The van der Waals surface area contributed by atoms with E-state index >= 15 is 0 Å². The number of rotatable bonds is 4. The summed E-state index contributed by atoms with van der Waals surface area (Å²) >= 11 is 0. The summed E-state index contributed by atoms with van der Waals surface area (Å²) in [5, 5.41) is 28.9. The van der Waals surface area contributed by atoms with Gasteiger partial charge in [0.15, 0.2) is 5.78 Å². The lowest BCUT2D eigenvalue weighted by Crippen LogP contribution is -2.45. The lowest BCUT2D eigenvalue weighted by atomic mass is 9.91. The number of phenolic OH excluding ortho intramolecular Hbond substituents is 2. The van der Waals surface area contributed by atoms with Gasteiger partial charge in [0.05, 0.1) is 18.2 Å². The van der Waals surface area contributed by atoms with Crippen molar-refractivity contribution in [1.82, 2.24) is 4.90 Å². The van der Waals surface area contributed by atoms with Crippen LogP contribution in [0.1, 0.15) is 36.0 Å². The van der Waals surface area contributed by atoms with Gasteiger partial charge in [0.1, 0.15) is 11.5 Å². The average Bonchev–Trinajstić information content (AvgIpc) is 2.38. The molecule has 0 aliphatic heterocycles. The van der Waals surface area contributed by atoms with Crippen LogP contribution >= 0.6 is 0 Å². The molecule has 1 aliphatic carbocycles. The first-order valence-corrected chi connectivity index (χ1v) is 6.92. The number of carbonyl (C=O) groups is 1. The number of hydrogen-bond donors (Lipinski definition) is 3. The summed E-state index contributed by atoms with van der Waals surface area (Å²) in [6, 6.07) is 3.94. The third-order valence-electron chi connectivity index (χ3n) is 3.93. The van der Waals surface area contributed by atoms with Crippen molar-refractivity contribution in [2.45, 2.75) is 37.8 Å². The van der Waals surface area contributed by atoms with E-state index < -0.39 is 6.10 Å². The van der Waals surface area contributed by atoms with E-state index in [2.05, 4.69) is 0 Å². The van der Waals surface area contributed by atoms with Gasteiger partial charge in [-0.2, -0.15) is 0 Å². The highest BCUT2D eigenvalue weighted by molar-refractivity contribution is 6.00. The van der Waals surface area contributed by atoms with Gasteiger partial charge in [-0.3, -0.25) is 9.69 Å². The number of hydrogen-bond acceptors (Lipinski definition) is 5. The lowest BCUT2D eigenvalue weighted by molar-refractivity contribution is 0.0321. The van der Waals surface area contributed by atoms with Gasteiger partial charge in [-0.15, -0.1) is 0 Å². The summed E-state index contributed by atoms with van der Waals surface area (Å²) in [4.78, 5) is 14.0. The van der Waals surface area contributed by atoms with Crippen LogP contribution in [0.2, 0.25) is 0 Å². The number of ketones is 1. The van der Waals surface area contributed by atoms with Gasteiger partial charge in [-0.25, -0.2) is 0 Å². The molecule has 5 heteroatoms. The molecule has 2 atom stereocenters. The topological polar surface area (TPSA) is 81.0 Å². The maximum absolute atomic E-state index is 12.2. The summed E-state index contributed by atoms with van der Waals surface area (Å²) < 4.78 is 0. The highest BCUT2D eigenvalue weighted by Gasteiger charge is 2.28. The lowest BCUT2D eigenvalue weighted by Gasteiger charge is -2.34. The van der Waals surface area contributed by atoms with Crippen molar-refractivity contribution >= 4 is 5.78 Å². The third-order valence-corrected chi connectivity index (χ3v) is 3.93. The van der Waals surface area contributed by atoms with Crippen molar-refractivity contribution in [2.24, 2.45) is 0 Å². The molecule has 0 spiro atoms. The Morgan fingerprint density at radius 3 is 2.65 bits per heavy atom. The van der Waals surface area contributed by atoms with Gasteiger partial charge in [0, 0.05) is 12.1 Å². The molecule has 0 saturated heterocycles. The van der Waals surface area contributed by atoms with Crippen molar-refractivity contribution in [1.29, 1.82) is 0 Å². The highest BCUT2D eigenvalue weighted by atomic mass is 16.3. The van der Waals surface area contributed by atoms with Gasteiger partial charge < -0.3 is 15.3 Å². The Morgan fingerprint density at radius 1 is 1.30 bits per heavy atom. The molecule has 1 aromatic rings. The maximum Gasteiger partial charge on any atom is 0.180 e. The summed E-state index contributed by atoms with van der Waals surface area (Å²) in [5.41, 5.74) is 0.194. The molecule has 2 unspecified atom stereocenters. The molecule has 0 radical (unpaired) electrons. The SMILES string of the molecule is CN(CC(=O)c1ccc(O)cc1O)C1CCCCC1O. The van der Waals surface area contributed by atoms with E-state index in [4.69, 9.17) is 0 Å². The van der Waals surface area contributed by atoms with E-state index in [1.54, 1.807) is 0 Å². The fourth-order valence-corrected chi connectivity index (χ4v) is 2.79. The molecule has 1 fully saturated rings. The van der Waals surface area contributed by atoms with Crippen LogP contribution in [0.3, 0.4) is 0 Å². The minimum Gasteiger partial charge on any atom is -0.508 e. The van der Waals surface area contributed by atoms with Crippen molar-refractivity contribution in [3.05, 3.63) is 23.8 Å². The zero-order chi connectivity index (χ0) is 14.7. The average molecular weight is 279 g/mol. The van der Waals surface area contributed by atoms with Crippen molar-refractivity contribution < 1.29 is 20.1 Å². The number of phenols is 2. The summed E-state index contributed by atoms with van der Waals surface area (Å²) in [6.07, 6.45) is 3.35. The van der Waals surface area contributed by atoms with E-state index in [0.29, 0.717) is 0 Å². The fraction of sp³-hybridized carbons (Fsp3) is 0.533. The second-order valence-electron chi connectivity index (χ2n) is 5.46. The van der Waals surface area contributed by atoms with Crippen LogP contribution in [-0.2, 0) is 0 Å². The van der Waals surface area contributed by atoms with Gasteiger partial charge in [0.2, 0.25) is 0 Å². The van der Waals surface area contributed by atoms with E-state index in [0.717, 1.165) is 31.7 Å². The largest absolute Gasteiger partial charge is 0.508 e. The molecule has 0 heterocycles. The Balaban J connectivity index is 2.03. The molecule has 20 heavy (non-hydrogen) atoms. The molecule has 110 valence electrons. The monoisotopic (exact) mass is 279 g/mol. The highest BCUT2D eigenvalue weighted by Crippen LogP contribution is 2.25. The van der Waals surface area contributed by atoms with Crippen LogP contribution in [0.15, 0.2) is 18.2 Å². The van der Waals surface area contributed by atoms with Crippen molar-refractivity contribution in [2.75, 3.05) is 13.6 Å². The smallest absolute Gasteiger partial charge is 0.180 e. The van der Waals surface area contributed by atoms with Crippen LogP contribution in [-0.4, -0.2) is 51.7 Å². The Kier molecular flexibility index (Phi) is 4.62. The Morgan fingerprint density at radius 2 is 2.00 bits per heavy atom. The predicted octanol–water partition coefficient (Wildman–Crippen LogP) is 1.52. The number of nitrogens with zero attached hydrogens (tertiary/aromatic N) is 1. The minimum atomic E-state index is -0.394. The first kappa shape index (κ1) is 14.8. The van der Waals surface area contributed by atoms with Crippen LogP contribution in [0.4, 0.5) is 0 Å². The first-order valence-electron chi connectivity index (χ1n) is 6.92. The van der Waals surface area contributed by atoms with E-state index in [-0.39, 0.29) is 35.4 Å². The molecular weight excluding hydrogens is 258 g/mol. The fourth-order valence-electron chi connectivity index (χ4n) is 2.79. The van der Waals surface area contributed by atoms with Crippen LogP contribution in [0.5, 0.6) is 11.5 Å². The number of Topliss-reactive ketones (excluding diaryl/α,β-unsaturated/α-hetero) is 1. The van der Waals surface area contributed by atoms with E-state index in [1.807, 2.05) is 11.9 Å². The Labute approximate surface area is 118 Å². The summed E-state index contributed by atoms with van der Waals surface area (Å²) in [5.74, 6) is -0.509. The predicted molar refractivity (Wildman–Crippen MR) is 75.0 cm³/mol. The quantitative estimate of drug-likeness (QED) is 0.728. The molecule has 1 saturated carbocycles. The number of aliphatic hydroxyl groups excluding tert-OH is 1. The standard InChI is InChI=1S/C15H21NO4/c1-16(12-4-2-3-5-13(12)18)9-15(20)11-7-6-10(17)8-14(11)19/h6-8,12-13,17-19H,2-5,9H2,1H3. The zero-order valence-electron chi connectivity index (χ0n) is 11.6. The molecule has 1 aliphatic rings. The van der Waals surface area contributed by atoms with Crippen molar-refractivity contribution in [3.8, 4) is 11.5 Å². The number of carbonyl (C=O) groups excluding carboxylic acids is 1. The van der Waals surface area contributed by atoms with Gasteiger partial charge in [-0.05, 0) is 32.0 Å². The first-order chi connectivity index (χ1) is 9.49. The number of likely N-dealkylation sites (N-methyl/N-ethyl adjacent to an activating group) is 1. The second kappa shape index (κ2) is 6.24. The number of benzene rings is 1. The Hall–Kier alpha value is -1.59. The normalized spacial score (nSPS) is 22.9. The van der Waals surface area contributed by atoms with Crippen molar-refractivity contribution in [3.63, 3.8) is 0 Å². The van der Waals surface area contributed by atoms with Gasteiger partial charge in [-0.1, -0.05) is 12.8 Å². The third kappa shape index (κ3) is 3.29. The molecule has 0 aromatic heterocycles. The van der Waals surface area contributed by atoms with Crippen LogP contribution in [0, 0.1) is 0 Å². The molecule has 2 rings (SSSR count). The van der Waals surface area contributed by atoms with E-state index in [1.165, 1.54) is 12.1 Å². The maximum atomic E-state index is 12.2. The van der Waals surface area contributed by atoms with Crippen LogP contribution in [0.25, 0.3) is 0 Å². The summed E-state index contributed by atoms with van der Waals surface area (Å²) in [6.45, 7) is 0.139. The summed E-state index contributed by atoms with van der Waals surface area (Å²) in [7, 11) is 1.81.